The zero-order chi connectivity index (χ0) is 9.86. The van der Waals surface area contributed by atoms with Crippen LogP contribution in [0, 0.1) is 11.3 Å². The first kappa shape index (κ1) is 10.5. The van der Waals surface area contributed by atoms with E-state index in [1.165, 1.54) is 70.6 Å². The van der Waals surface area contributed by atoms with Gasteiger partial charge in [-0.25, -0.2) is 0 Å². The molecule has 0 amide bonds. The molecule has 0 spiro atoms. The second kappa shape index (κ2) is 4.68. The standard InChI is InChI=1S/C14H26/c1-14-11-7-5-3-2-4-6-9-13(14)10-8-12-14/h13H,2-12H2,1H3. The Hall–Kier alpha value is 0. The highest BCUT2D eigenvalue weighted by Crippen LogP contribution is 2.49. The highest BCUT2D eigenvalue weighted by atomic mass is 14.4. The van der Waals surface area contributed by atoms with Crippen LogP contribution in [0.15, 0.2) is 0 Å². The lowest BCUT2D eigenvalue weighted by atomic mass is 9.73. The maximum Gasteiger partial charge on any atom is -0.0298 e. The van der Waals surface area contributed by atoms with Gasteiger partial charge in [0, 0.05) is 0 Å². The van der Waals surface area contributed by atoms with E-state index in [2.05, 4.69) is 6.92 Å². The van der Waals surface area contributed by atoms with Crippen LogP contribution in [-0.2, 0) is 0 Å². The van der Waals surface area contributed by atoms with Crippen LogP contribution >= 0.6 is 0 Å². The van der Waals surface area contributed by atoms with Gasteiger partial charge in [0.05, 0.1) is 0 Å². The molecule has 2 unspecified atom stereocenters. The fourth-order valence-electron chi connectivity index (χ4n) is 3.75. The lowest BCUT2D eigenvalue weighted by Gasteiger charge is -2.32. The third-order valence-electron chi connectivity index (χ3n) is 4.84. The molecule has 2 saturated carbocycles. The molecule has 0 heterocycles. The SMILES string of the molecule is CC12CCCCCCCCC1CCC2. The molecule has 82 valence electrons. The molecule has 0 N–H and O–H groups in total. The maximum absolute atomic E-state index is 2.58. The number of fused-ring (bicyclic) bond motifs is 1. The van der Waals surface area contributed by atoms with Crippen LogP contribution in [0.1, 0.15) is 77.6 Å². The van der Waals surface area contributed by atoms with Gasteiger partial charge >= 0.3 is 0 Å². The molecule has 0 aliphatic heterocycles. The summed E-state index contributed by atoms with van der Waals surface area (Å²) >= 11 is 0. The van der Waals surface area contributed by atoms with E-state index < -0.39 is 0 Å². The summed E-state index contributed by atoms with van der Waals surface area (Å²) in [7, 11) is 0. The first-order chi connectivity index (χ1) is 6.81. The van der Waals surface area contributed by atoms with Gasteiger partial charge in [0.1, 0.15) is 0 Å². The van der Waals surface area contributed by atoms with Gasteiger partial charge in [-0.15, -0.1) is 0 Å². The van der Waals surface area contributed by atoms with Crippen molar-refractivity contribution in [3.63, 3.8) is 0 Å². The molecule has 0 nitrogen and oxygen atoms in total. The smallest absolute Gasteiger partial charge is 0.0298 e. The topological polar surface area (TPSA) is 0 Å². The Morgan fingerprint density at radius 1 is 0.714 bits per heavy atom. The van der Waals surface area contributed by atoms with E-state index in [4.69, 9.17) is 0 Å². The van der Waals surface area contributed by atoms with Gasteiger partial charge in [-0.1, -0.05) is 51.9 Å². The van der Waals surface area contributed by atoms with Crippen molar-refractivity contribution in [2.24, 2.45) is 11.3 Å². The minimum atomic E-state index is 0.747. The molecule has 0 saturated heterocycles. The summed E-state index contributed by atoms with van der Waals surface area (Å²) in [4.78, 5) is 0. The summed E-state index contributed by atoms with van der Waals surface area (Å²) in [5, 5.41) is 0. The van der Waals surface area contributed by atoms with Crippen molar-refractivity contribution >= 4 is 0 Å². The van der Waals surface area contributed by atoms with Crippen LogP contribution in [0.2, 0.25) is 0 Å². The normalized spacial score (nSPS) is 40.5. The summed E-state index contributed by atoms with van der Waals surface area (Å²) in [6.07, 6.45) is 16.7. The summed E-state index contributed by atoms with van der Waals surface area (Å²) in [5.41, 5.74) is 0.747. The van der Waals surface area contributed by atoms with Crippen molar-refractivity contribution in [2.45, 2.75) is 77.6 Å². The third kappa shape index (κ3) is 2.32. The summed E-state index contributed by atoms with van der Waals surface area (Å²) in [6, 6.07) is 0. The van der Waals surface area contributed by atoms with Gasteiger partial charge in [0.2, 0.25) is 0 Å². The predicted molar refractivity (Wildman–Crippen MR) is 62.4 cm³/mol. The van der Waals surface area contributed by atoms with Gasteiger partial charge in [0.25, 0.3) is 0 Å². The molecule has 14 heavy (non-hydrogen) atoms. The van der Waals surface area contributed by atoms with Crippen LogP contribution in [0.25, 0.3) is 0 Å². The highest BCUT2D eigenvalue weighted by Gasteiger charge is 2.37. The van der Waals surface area contributed by atoms with Crippen molar-refractivity contribution in [3.8, 4) is 0 Å². The number of hydrogen-bond donors (Lipinski definition) is 0. The van der Waals surface area contributed by atoms with Gasteiger partial charge in [-0.2, -0.15) is 0 Å². The molecular weight excluding hydrogens is 168 g/mol. The zero-order valence-corrected chi connectivity index (χ0v) is 9.86. The molecule has 2 aliphatic carbocycles. The molecule has 0 radical (unpaired) electrons. The molecule has 2 atom stereocenters. The van der Waals surface area contributed by atoms with Crippen molar-refractivity contribution in [1.29, 1.82) is 0 Å². The third-order valence-corrected chi connectivity index (χ3v) is 4.84. The number of hydrogen-bond acceptors (Lipinski definition) is 0. The first-order valence-corrected chi connectivity index (χ1v) is 6.81. The molecule has 0 aromatic heterocycles. The fraction of sp³-hybridized carbons (Fsp3) is 1.00. The Kier molecular flexibility index (Phi) is 3.52. The van der Waals surface area contributed by atoms with Crippen LogP contribution in [-0.4, -0.2) is 0 Å². The summed E-state index contributed by atoms with van der Waals surface area (Å²) in [6.45, 7) is 2.58. The Bertz CT molecular complexity index is 173. The quantitative estimate of drug-likeness (QED) is 0.513. The van der Waals surface area contributed by atoms with Crippen molar-refractivity contribution in [1.82, 2.24) is 0 Å². The van der Waals surface area contributed by atoms with E-state index in [0.29, 0.717) is 0 Å². The van der Waals surface area contributed by atoms with Crippen LogP contribution in [0.5, 0.6) is 0 Å². The number of rotatable bonds is 0. The largest absolute Gasteiger partial charge is 0.0594 e. The second-order valence-electron chi connectivity index (χ2n) is 5.90. The average molecular weight is 194 g/mol. The minimum Gasteiger partial charge on any atom is -0.0594 e. The van der Waals surface area contributed by atoms with E-state index in [1.807, 2.05) is 0 Å². The average Bonchev–Trinajstić information content (AvgIpc) is 2.54. The highest BCUT2D eigenvalue weighted by molar-refractivity contribution is 4.88. The van der Waals surface area contributed by atoms with Gasteiger partial charge in [-0.05, 0) is 37.0 Å². The van der Waals surface area contributed by atoms with E-state index >= 15 is 0 Å². The van der Waals surface area contributed by atoms with Crippen molar-refractivity contribution in [2.75, 3.05) is 0 Å². The van der Waals surface area contributed by atoms with Crippen LogP contribution < -0.4 is 0 Å². The lowest BCUT2D eigenvalue weighted by molar-refractivity contribution is 0.183. The molecule has 0 aromatic rings. The lowest BCUT2D eigenvalue weighted by Crippen LogP contribution is -2.22. The monoisotopic (exact) mass is 194 g/mol. The predicted octanol–water partition coefficient (Wildman–Crippen LogP) is 4.93. The summed E-state index contributed by atoms with van der Waals surface area (Å²) < 4.78 is 0. The fourth-order valence-corrected chi connectivity index (χ4v) is 3.75. The molecule has 0 bridgehead atoms. The van der Waals surface area contributed by atoms with Crippen molar-refractivity contribution in [3.05, 3.63) is 0 Å². The van der Waals surface area contributed by atoms with Gasteiger partial charge in [0.15, 0.2) is 0 Å². The van der Waals surface area contributed by atoms with Crippen molar-refractivity contribution < 1.29 is 0 Å². The molecule has 2 rings (SSSR count). The van der Waals surface area contributed by atoms with E-state index in [-0.39, 0.29) is 0 Å². The van der Waals surface area contributed by atoms with Gasteiger partial charge < -0.3 is 0 Å². The second-order valence-corrected chi connectivity index (χ2v) is 5.90. The Labute approximate surface area is 89.5 Å². The van der Waals surface area contributed by atoms with Crippen LogP contribution in [0.3, 0.4) is 0 Å². The Morgan fingerprint density at radius 2 is 1.29 bits per heavy atom. The van der Waals surface area contributed by atoms with Crippen LogP contribution in [0.4, 0.5) is 0 Å². The molecule has 0 aromatic carbocycles. The zero-order valence-electron chi connectivity index (χ0n) is 9.86. The molecule has 0 heteroatoms. The Balaban J connectivity index is 1.94. The molecule has 2 fully saturated rings. The van der Waals surface area contributed by atoms with Gasteiger partial charge in [-0.3, -0.25) is 0 Å². The first-order valence-electron chi connectivity index (χ1n) is 6.81. The van der Waals surface area contributed by atoms with E-state index in [9.17, 15) is 0 Å². The molecule has 2 aliphatic rings. The minimum absolute atomic E-state index is 0.747. The van der Waals surface area contributed by atoms with E-state index in [1.54, 1.807) is 0 Å². The summed E-state index contributed by atoms with van der Waals surface area (Å²) in [5.74, 6) is 1.08. The van der Waals surface area contributed by atoms with E-state index in [0.717, 1.165) is 11.3 Å². The Morgan fingerprint density at radius 3 is 2.14 bits per heavy atom. The molecular formula is C14H26. The maximum atomic E-state index is 2.58.